The fraction of sp³-hybridized carbons (Fsp3) is 0.743. The van der Waals surface area contributed by atoms with Crippen LogP contribution in [0.25, 0.3) is 0 Å². The Morgan fingerprint density at radius 3 is 2.35 bits per heavy atom. The van der Waals surface area contributed by atoms with Crippen LogP contribution < -0.4 is 16.4 Å². The maximum atomic E-state index is 14.2. The maximum Gasteiger partial charge on any atom is 0.243 e. The van der Waals surface area contributed by atoms with Gasteiger partial charge in [0, 0.05) is 19.0 Å². The monoisotopic (exact) mass is 598 g/mol. The molecule has 0 saturated heterocycles. The van der Waals surface area contributed by atoms with Crippen LogP contribution in [0.15, 0.2) is 24.3 Å². The molecule has 1 saturated carbocycles. The smallest absolute Gasteiger partial charge is 0.243 e. The molecule has 1 heterocycles. The van der Waals surface area contributed by atoms with E-state index in [0.717, 1.165) is 62.5 Å². The van der Waals surface area contributed by atoms with Crippen molar-refractivity contribution in [2.45, 2.75) is 142 Å². The minimum atomic E-state index is -0.871. The van der Waals surface area contributed by atoms with E-state index in [2.05, 4.69) is 24.5 Å². The first kappa shape index (κ1) is 35.0. The molecular weight excluding hydrogens is 540 g/mol. The molecule has 1 aromatic carbocycles. The number of unbranched alkanes of at least 4 members (excludes halogenated alkanes) is 2. The summed E-state index contributed by atoms with van der Waals surface area (Å²) in [5.41, 5.74) is 8.44. The summed E-state index contributed by atoms with van der Waals surface area (Å²) in [6, 6.07) is 6.06. The van der Waals surface area contributed by atoms with Crippen LogP contribution in [0, 0.1) is 17.8 Å². The molecule has 0 aromatic heterocycles. The fourth-order valence-corrected chi connectivity index (χ4v) is 6.80. The Balaban J connectivity index is 1.84. The van der Waals surface area contributed by atoms with E-state index in [1.807, 2.05) is 38.1 Å². The van der Waals surface area contributed by atoms with Crippen LogP contribution in [0.1, 0.15) is 116 Å². The highest BCUT2D eigenvalue weighted by molar-refractivity contribution is 5.90. The summed E-state index contributed by atoms with van der Waals surface area (Å²) in [5.74, 6) is -0.360. The molecule has 1 fully saturated rings. The lowest BCUT2D eigenvalue weighted by atomic mass is 9.81. The van der Waals surface area contributed by atoms with Gasteiger partial charge >= 0.3 is 0 Å². The zero-order chi connectivity index (χ0) is 31.4. The minimum absolute atomic E-state index is 0.0334. The van der Waals surface area contributed by atoms with E-state index in [1.165, 1.54) is 6.42 Å². The van der Waals surface area contributed by atoms with Crippen molar-refractivity contribution in [3.63, 3.8) is 0 Å². The van der Waals surface area contributed by atoms with Crippen LogP contribution >= 0.6 is 0 Å². The predicted molar refractivity (Wildman–Crippen MR) is 172 cm³/mol. The third kappa shape index (κ3) is 10.3. The van der Waals surface area contributed by atoms with E-state index in [4.69, 9.17) is 5.73 Å². The molecule has 5 N–H and O–H groups in total. The summed E-state index contributed by atoms with van der Waals surface area (Å²) in [7, 11) is 0. The van der Waals surface area contributed by atoms with E-state index in [1.54, 1.807) is 4.90 Å². The van der Waals surface area contributed by atoms with E-state index in [-0.39, 0.29) is 36.0 Å². The number of hydrogen-bond acceptors (Lipinski definition) is 5. The van der Waals surface area contributed by atoms with Gasteiger partial charge in [-0.15, -0.1) is 0 Å². The first-order valence-electron chi connectivity index (χ1n) is 17.0. The minimum Gasteiger partial charge on any atom is -0.391 e. The van der Waals surface area contributed by atoms with Crippen molar-refractivity contribution in [1.82, 2.24) is 15.5 Å². The van der Waals surface area contributed by atoms with Gasteiger partial charge in [0.2, 0.25) is 17.7 Å². The fourth-order valence-electron chi connectivity index (χ4n) is 6.80. The Morgan fingerprint density at radius 2 is 1.70 bits per heavy atom. The Kier molecular flexibility index (Phi) is 14.5. The number of carbonyl (C=O) groups is 3. The number of fused-ring (bicyclic) bond motifs is 1. The molecule has 0 unspecified atom stereocenters. The third-order valence-corrected chi connectivity index (χ3v) is 9.58. The lowest BCUT2D eigenvalue weighted by molar-refractivity contribution is -0.143. The van der Waals surface area contributed by atoms with Crippen molar-refractivity contribution in [1.29, 1.82) is 0 Å². The summed E-state index contributed by atoms with van der Waals surface area (Å²) < 4.78 is 0. The molecule has 43 heavy (non-hydrogen) atoms. The highest BCUT2D eigenvalue weighted by Gasteiger charge is 2.38. The topological polar surface area (TPSA) is 125 Å². The van der Waals surface area contributed by atoms with Crippen molar-refractivity contribution in [3.05, 3.63) is 35.4 Å². The Hall–Kier alpha value is -2.45. The second-order valence-corrected chi connectivity index (χ2v) is 13.4. The molecule has 0 bridgehead atoms. The van der Waals surface area contributed by atoms with Crippen LogP contribution in [0.3, 0.4) is 0 Å². The van der Waals surface area contributed by atoms with Crippen molar-refractivity contribution >= 4 is 17.7 Å². The highest BCUT2D eigenvalue weighted by Crippen LogP contribution is 2.30. The first-order valence-corrected chi connectivity index (χ1v) is 17.0. The molecule has 1 aromatic rings. The zero-order valence-electron chi connectivity index (χ0n) is 27.2. The summed E-state index contributed by atoms with van der Waals surface area (Å²) in [6.45, 7) is 9.16. The van der Waals surface area contributed by atoms with E-state index >= 15 is 0 Å². The predicted octanol–water partition coefficient (Wildman–Crippen LogP) is 4.85. The number of rotatable bonds is 16. The molecule has 242 valence electrons. The Bertz CT molecular complexity index is 1020. The van der Waals surface area contributed by atoms with Gasteiger partial charge in [0.1, 0.15) is 6.04 Å². The van der Waals surface area contributed by atoms with Gasteiger partial charge in [-0.2, -0.15) is 0 Å². The van der Waals surface area contributed by atoms with Crippen LogP contribution in [0.2, 0.25) is 0 Å². The van der Waals surface area contributed by atoms with E-state index in [0.29, 0.717) is 38.3 Å². The SMILES string of the molecule is CCCCNC(=O)[C@H](C[C@H](O)[C@H](CC1CCCCC1)NC(=O)[C@H](CCCC)N1Cc2ccccc2C[C@H](N)C1=O)C(C)C. The molecule has 3 amide bonds. The molecule has 8 nitrogen and oxygen atoms in total. The number of amides is 3. The molecule has 2 aliphatic rings. The number of aliphatic hydroxyl groups excluding tert-OH is 1. The summed E-state index contributed by atoms with van der Waals surface area (Å²) in [4.78, 5) is 42.5. The van der Waals surface area contributed by atoms with Crippen LogP contribution in [0.4, 0.5) is 0 Å². The second kappa shape index (κ2) is 17.7. The lowest BCUT2D eigenvalue weighted by Crippen LogP contribution is -2.56. The van der Waals surface area contributed by atoms with Gasteiger partial charge in [-0.3, -0.25) is 14.4 Å². The lowest BCUT2D eigenvalue weighted by Gasteiger charge is -2.36. The first-order chi connectivity index (χ1) is 20.7. The summed E-state index contributed by atoms with van der Waals surface area (Å²) >= 11 is 0. The molecule has 3 rings (SSSR count). The van der Waals surface area contributed by atoms with Crippen molar-refractivity contribution in [3.8, 4) is 0 Å². The van der Waals surface area contributed by atoms with Crippen molar-refractivity contribution in [2.24, 2.45) is 23.5 Å². The Labute approximate surface area is 259 Å². The van der Waals surface area contributed by atoms with Crippen molar-refractivity contribution < 1.29 is 19.5 Å². The largest absolute Gasteiger partial charge is 0.391 e. The quantitative estimate of drug-likeness (QED) is 0.203. The molecule has 0 radical (unpaired) electrons. The third-order valence-electron chi connectivity index (χ3n) is 9.58. The van der Waals surface area contributed by atoms with E-state index < -0.39 is 24.2 Å². The van der Waals surface area contributed by atoms with E-state index in [9.17, 15) is 19.5 Å². The molecule has 0 spiro atoms. The molecule has 8 heteroatoms. The standard InChI is InChI=1S/C35H58N4O4/c1-5-7-18-31(39-23-27-17-13-12-16-26(27)21-29(36)35(39)43)34(42)38-30(20-25-14-10-9-11-15-25)32(40)22-28(24(3)4)33(41)37-19-8-6-2/h12-13,16-17,24-25,28-32,40H,5-11,14-15,18-23,36H2,1-4H3,(H,37,41)(H,38,42)/t28-,29+,30+,31+,32+/m1/s1. The van der Waals surface area contributed by atoms with Gasteiger partial charge in [0.25, 0.3) is 0 Å². The highest BCUT2D eigenvalue weighted by atomic mass is 16.3. The van der Waals surface area contributed by atoms with Gasteiger partial charge in [-0.25, -0.2) is 0 Å². The average molecular weight is 599 g/mol. The number of nitrogens with zero attached hydrogens (tertiary/aromatic N) is 1. The molecular formula is C35H58N4O4. The van der Waals surface area contributed by atoms with Crippen molar-refractivity contribution in [2.75, 3.05) is 6.54 Å². The van der Waals surface area contributed by atoms with Gasteiger partial charge in [-0.05, 0) is 55.1 Å². The second-order valence-electron chi connectivity index (χ2n) is 13.4. The summed E-state index contributed by atoms with van der Waals surface area (Å²) in [5, 5.41) is 17.9. The average Bonchev–Trinajstić information content (AvgIpc) is 3.11. The number of hydrogen-bond donors (Lipinski definition) is 4. The molecule has 1 aliphatic heterocycles. The molecule has 1 aliphatic carbocycles. The Morgan fingerprint density at radius 1 is 1.02 bits per heavy atom. The van der Waals surface area contributed by atoms with Gasteiger partial charge in [0.05, 0.1) is 18.2 Å². The van der Waals surface area contributed by atoms with Crippen LogP contribution in [0.5, 0.6) is 0 Å². The van der Waals surface area contributed by atoms with Gasteiger partial charge < -0.3 is 26.4 Å². The number of nitrogens with one attached hydrogen (secondary N) is 2. The van der Waals surface area contributed by atoms with Crippen LogP contribution in [-0.2, 0) is 27.3 Å². The maximum absolute atomic E-state index is 14.2. The summed E-state index contributed by atoms with van der Waals surface area (Å²) in [6.07, 6.45) is 10.4. The zero-order valence-corrected chi connectivity index (χ0v) is 27.2. The van der Waals surface area contributed by atoms with Gasteiger partial charge in [0.15, 0.2) is 0 Å². The number of carbonyl (C=O) groups excluding carboxylic acids is 3. The normalized spacial score (nSPS) is 20.6. The molecule has 5 atom stereocenters. The number of nitrogens with two attached hydrogens (primary N) is 1. The number of aliphatic hydroxyl groups is 1. The van der Waals surface area contributed by atoms with Crippen LogP contribution in [-0.4, -0.2) is 58.5 Å². The van der Waals surface area contributed by atoms with Gasteiger partial charge in [-0.1, -0.05) is 103 Å². The number of benzene rings is 1.